The maximum absolute atomic E-state index is 11.9. The molecule has 132 valence electrons. The number of carbonyl (C=O) groups is 1. The third-order valence-corrected chi connectivity index (χ3v) is 3.77. The van der Waals surface area contributed by atoms with Crippen LogP contribution in [-0.2, 0) is 0 Å². The SMILES string of the molecule is Cc1cc([N+](=O)[O-])ccc1-c1ccc(/C=N\NC(=O)c2ccoc2C)o1. The maximum atomic E-state index is 11.9. The van der Waals surface area contributed by atoms with Gasteiger partial charge in [0.25, 0.3) is 11.6 Å². The fourth-order valence-electron chi connectivity index (χ4n) is 2.44. The monoisotopic (exact) mass is 353 g/mol. The van der Waals surface area contributed by atoms with Crippen LogP contribution in [-0.4, -0.2) is 17.0 Å². The van der Waals surface area contributed by atoms with Crippen LogP contribution in [0.3, 0.4) is 0 Å². The lowest BCUT2D eigenvalue weighted by atomic mass is 10.1. The van der Waals surface area contributed by atoms with Crippen LogP contribution < -0.4 is 5.43 Å². The first-order valence-corrected chi connectivity index (χ1v) is 7.68. The fourth-order valence-corrected chi connectivity index (χ4v) is 2.44. The summed E-state index contributed by atoms with van der Waals surface area (Å²) in [7, 11) is 0. The van der Waals surface area contributed by atoms with Crippen LogP contribution in [0, 0.1) is 24.0 Å². The molecule has 3 rings (SSSR count). The maximum Gasteiger partial charge on any atom is 0.274 e. The summed E-state index contributed by atoms with van der Waals surface area (Å²) >= 11 is 0. The number of furan rings is 2. The minimum Gasteiger partial charge on any atom is -0.469 e. The molecule has 0 unspecified atom stereocenters. The van der Waals surface area contributed by atoms with Gasteiger partial charge in [-0.2, -0.15) is 5.10 Å². The van der Waals surface area contributed by atoms with E-state index < -0.39 is 4.92 Å². The van der Waals surface area contributed by atoms with E-state index in [1.807, 2.05) is 0 Å². The van der Waals surface area contributed by atoms with E-state index in [0.717, 1.165) is 11.1 Å². The zero-order chi connectivity index (χ0) is 18.7. The van der Waals surface area contributed by atoms with Crippen molar-refractivity contribution in [2.75, 3.05) is 0 Å². The van der Waals surface area contributed by atoms with Gasteiger partial charge in [-0.3, -0.25) is 14.9 Å². The second kappa shape index (κ2) is 7.06. The predicted octanol–water partition coefficient (Wildman–Crippen LogP) is 3.83. The average Bonchev–Trinajstić information content (AvgIpc) is 3.23. The van der Waals surface area contributed by atoms with Crippen molar-refractivity contribution in [3.63, 3.8) is 0 Å². The van der Waals surface area contributed by atoms with Crippen molar-refractivity contribution in [3.8, 4) is 11.3 Å². The van der Waals surface area contributed by atoms with Gasteiger partial charge in [0.2, 0.25) is 0 Å². The van der Waals surface area contributed by atoms with Gasteiger partial charge in [0, 0.05) is 17.7 Å². The van der Waals surface area contributed by atoms with Gasteiger partial charge in [-0.15, -0.1) is 0 Å². The molecule has 2 aromatic heterocycles. The summed E-state index contributed by atoms with van der Waals surface area (Å²) in [6, 6.07) is 9.52. The molecule has 0 atom stereocenters. The Morgan fingerprint density at radius 2 is 2.04 bits per heavy atom. The highest BCUT2D eigenvalue weighted by Gasteiger charge is 2.12. The lowest BCUT2D eigenvalue weighted by Crippen LogP contribution is -2.17. The number of rotatable bonds is 5. The molecular formula is C18H15N3O5. The van der Waals surface area contributed by atoms with E-state index in [1.54, 1.807) is 38.1 Å². The van der Waals surface area contributed by atoms with Crippen molar-refractivity contribution in [2.45, 2.75) is 13.8 Å². The Morgan fingerprint density at radius 3 is 2.69 bits per heavy atom. The minimum atomic E-state index is -0.443. The van der Waals surface area contributed by atoms with Crippen LogP contribution in [0.15, 0.2) is 56.6 Å². The van der Waals surface area contributed by atoms with E-state index in [4.69, 9.17) is 8.83 Å². The zero-order valence-electron chi connectivity index (χ0n) is 14.1. The van der Waals surface area contributed by atoms with Crippen molar-refractivity contribution in [1.29, 1.82) is 0 Å². The largest absolute Gasteiger partial charge is 0.469 e. The van der Waals surface area contributed by atoms with Crippen molar-refractivity contribution in [3.05, 3.63) is 75.4 Å². The number of aryl methyl sites for hydroxylation is 2. The molecule has 2 heterocycles. The first kappa shape index (κ1) is 17.2. The highest BCUT2D eigenvalue weighted by atomic mass is 16.6. The molecule has 8 heteroatoms. The first-order chi connectivity index (χ1) is 12.5. The van der Waals surface area contributed by atoms with E-state index in [-0.39, 0.29) is 11.6 Å². The molecule has 0 aliphatic heterocycles. The molecule has 0 radical (unpaired) electrons. The van der Waals surface area contributed by atoms with Gasteiger partial charge in [-0.1, -0.05) is 0 Å². The molecule has 0 aliphatic carbocycles. The number of non-ortho nitro benzene ring substituents is 1. The Kier molecular flexibility index (Phi) is 4.66. The van der Waals surface area contributed by atoms with Gasteiger partial charge in [0.1, 0.15) is 17.3 Å². The number of hydrogen-bond donors (Lipinski definition) is 1. The van der Waals surface area contributed by atoms with Gasteiger partial charge >= 0.3 is 0 Å². The molecule has 1 N–H and O–H groups in total. The Labute approximate surface area is 148 Å². The van der Waals surface area contributed by atoms with E-state index in [2.05, 4.69) is 10.5 Å². The number of hydrazone groups is 1. The summed E-state index contributed by atoms with van der Waals surface area (Å²) in [5.74, 6) is 1.11. The number of benzene rings is 1. The third kappa shape index (κ3) is 3.54. The molecule has 0 saturated carbocycles. The normalized spacial score (nSPS) is 11.0. The summed E-state index contributed by atoms with van der Waals surface area (Å²) in [6.45, 7) is 3.45. The van der Waals surface area contributed by atoms with E-state index in [1.165, 1.54) is 24.6 Å². The van der Waals surface area contributed by atoms with Gasteiger partial charge in [0.15, 0.2) is 0 Å². The van der Waals surface area contributed by atoms with Crippen LogP contribution in [0.1, 0.15) is 27.4 Å². The van der Waals surface area contributed by atoms with Crippen LogP contribution in [0.25, 0.3) is 11.3 Å². The zero-order valence-corrected chi connectivity index (χ0v) is 14.1. The van der Waals surface area contributed by atoms with Crippen molar-refractivity contribution in [1.82, 2.24) is 5.43 Å². The van der Waals surface area contributed by atoms with E-state index in [9.17, 15) is 14.9 Å². The van der Waals surface area contributed by atoms with Gasteiger partial charge < -0.3 is 8.83 Å². The third-order valence-electron chi connectivity index (χ3n) is 3.77. The Balaban J connectivity index is 1.71. The standard InChI is InChI=1S/C18H15N3O5/c1-11-9-13(21(23)24)3-5-15(11)17-6-4-14(26-17)10-19-20-18(22)16-7-8-25-12(16)2/h3-10H,1-2H3,(H,20,22)/b19-10-. The molecule has 0 aliphatic rings. The number of carbonyl (C=O) groups excluding carboxylic acids is 1. The number of hydrogen-bond acceptors (Lipinski definition) is 6. The minimum absolute atomic E-state index is 0.0249. The summed E-state index contributed by atoms with van der Waals surface area (Å²) < 4.78 is 10.7. The quantitative estimate of drug-likeness (QED) is 0.426. The second-order valence-corrected chi connectivity index (χ2v) is 5.55. The molecule has 26 heavy (non-hydrogen) atoms. The number of nitro benzene ring substituents is 1. The van der Waals surface area contributed by atoms with Gasteiger partial charge in [-0.25, -0.2) is 5.43 Å². The molecule has 0 spiro atoms. The molecule has 1 amide bonds. The number of nitro groups is 1. The number of nitrogens with one attached hydrogen (secondary N) is 1. The topological polar surface area (TPSA) is 111 Å². The van der Waals surface area contributed by atoms with Crippen LogP contribution in [0.4, 0.5) is 5.69 Å². The fraction of sp³-hybridized carbons (Fsp3) is 0.111. The van der Waals surface area contributed by atoms with Crippen LogP contribution >= 0.6 is 0 Å². The summed E-state index contributed by atoms with van der Waals surface area (Å²) in [5, 5.41) is 14.7. The van der Waals surface area contributed by atoms with Crippen molar-refractivity contribution < 1.29 is 18.6 Å². The Morgan fingerprint density at radius 1 is 1.23 bits per heavy atom. The Bertz CT molecular complexity index is 1000. The van der Waals surface area contributed by atoms with Crippen molar-refractivity contribution >= 4 is 17.8 Å². The molecule has 0 bridgehead atoms. The summed E-state index contributed by atoms with van der Waals surface area (Å²) in [6.07, 6.45) is 2.80. The average molecular weight is 353 g/mol. The predicted molar refractivity (Wildman–Crippen MR) is 94.0 cm³/mol. The van der Waals surface area contributed by atoms with Crippen molar-refractivity contribution in [2.24, 2.45) is 5.10 Å². The van der Waals surface area contributed by atoms with E-state index >= 15 is 0 Å². The van der Waals surface area contributed by atoms with Gasteiger partial charge in [-0.05, 0) is 43.7 Å². The number of nitrogens with zero attached hydrogens (tertiary/aromatic N) is 2. The van der Waals surface area contributed by atoms with Crippen LogP contribution in [0.5, 0.6) is 0 Å². The highest BCUT2D eigenvalue weighted by molar-refractivity contribution is 5.95. The molecule has 8 nitrogen and oxygen atoms in total. The van der Waals surface area contributed by atoms with Gasteiger partial charge in [0.05, 0.1) is 23.0 Å². The smallest absolute Gasteiger partial charge is 0.274 e. The lowest BCUT2D eigenvalue weighted by Gasteiger charge is -2.02. The summed E-state index contributed by atoms with van der Waals surface area (Å²) in [5.41, 5.74) is 4.29. The lowest BCUT2D eigenvalue weighted by molar-refractivity contribution is -0.384. The molecule has 0 saturated heterocycles. The molecule has 1 aromatic carbocycles. The van der Waals surface area contributed by atoms with E-state index in [0.29, 0.717) is 22.8 Å². The number of amides is 1. The highest BCUT2D eigenvalue weighted by Crippen LogP contribution is 2.28. The Hall–Kier alpha value is -3.68. The molecular weight excluding hydrogens is 338 g/mol. The first-order valence-electron chi connectivity index (χ1n) is 7.68. The molecule has 0 fully saturated rings. The molecule has 3 aromatic rings. The van der Waals surface area contributed by atoms with Crippen LogP contribution in [0.2, 0.25) is 0 Å². The summed E-state index contributed by atoms with van der Waals surface area (Å²) in [4.78, 5) is 22.3. The second-order valence-electron chi connectivity index (χ2n) is 5.55.